The van der Waals surface area contributed by atoms with Gasteiger partial charge in [-0.3, -0.25) is 4.79 Å². The number of carbonyl (C=O) groups excluding carboxylic acids is 2. The summed E-state index contributed by atoms with van der Waals surface area (Å²) in [5.41, 5.74) is 2.20. The molecular formula is C58H102N2O6. The number of piperidine rings is 1. The van der Waals surface area contributed by atoms with E-state index in [9.17, 15) is 9.59 Å². The van der Waals surface area contributed by atoms with Gasteiger partial charge in [-0.05, 0) is 149 Å². The Morgan fingerprint density at radius 3 is 2.23 bits per heavy atom. The SMILES string of the molecule is CCCCCCCCC=CCCCCCCCCOCC(CN1CCCCC1)OCCOC(=O)CNC(=O)O[C@H]1CC[C@@]2(C)C(=CC[C@H]3[C@@H]4CC[C@H]([C@H](C)CCCC(C)C)[C@@]4(C)CC[C@@H]32)C1. The van der Waals surface area contributed by atoms with Crippen molar-refractivity contribution in [3.05, 3.63) is 23.8 Å². The van der Waals surface area contributed by atoms with Gasteiger partial charge in [0.05, 0.1) is 19.3 Å². The maximum atomic E-state index is 12.9. The van der Waals surface area contributed by atoms with Crippen LogP contribution < -0.4 is 5.32 Å². The molecule has 1 aliphatic heterocycles. The Hall–Kier alpha value is -1.90. The molecule has 4 aliphatic carbocycles. The summed E-state index contributed by atoms with van der Waals surface area (Å²) in [6.45, 7) is 19.4. The lowest BCUT2D eigenvalue weighted by Crippen LogP contribution is -2.51. The fourth-order valence-corrected chi connectivity index (χ4v) is 13.8. The highest BCUT2D eigenvalue weighted by atomic mass is 16.6. The minimum absolute atomic E-state index is 0.0574. The average molecular weight is 923 g/mol. The van der Waals surface area contributed by atoms with E-state index >= 15 is 0 Å². The largest absolute Gasteiger partial charge is 0.462 e. The van der Waals surface area contributed by atoms with Crippen LogP contribution in [0.1, 0.15) is 221 Å². The topological polar surface area (TPSA) is 86.3 Å². The Balaban J connectivity index is 0.919. The number of esters is 1. The fraction of sp³-hybridized carbons (Fsp3) is 0.897. The van der Waals surface area contributed by atoms with Crippen LogP contribution in [0.25, 0.3) is 0 Å². The molecule has 8 nitrogen and oxygen atoms in total. The van der Waals surface area contributed by atoms with Crippen LogP contribution in [0.3, 0.4) is 0 Å². The van der Waals surface area contributed by atoms with Crippen LogP contribution in [-0.2, 0) is 23.7 Å². The molecule has 0 spiro atoms. The van der Waals surface area contributed by atoms with Crippen LogP contribution in [0.5, 0.6) is 0 Å². The van der Waals surface area contributed by atoms with E-state index in [-0.39, 0.29) is 30.8 Å². The fourth-order valence-electron chi connectivity index (χ4n) is 13.8. The van der Waals surface area contributed by atoms with Gasteiger partial charge in [-0.2, -0.15) is 0 Å². The number of unbranched alkanes of at least 4 members (excludes halogenated alkanes) is 12. The number of allylic oxidation sites excluding steroid dienone is 3. The smallest absolute Gasteiger partial charge is 0.407 e. The first-order valence-corrected chi connectivity index (χ1v) is 28.4. The zero-order valence-corrected chi connectivity index (χ0v) is 43.7. The number of hydrogen-bond donors (Lipinski definition) is 1. The molecule has 0 aromatic rings. The van der Waals surface area contributed by atoms with Gasteiger partial charge in [-0.15, -0.1) is 0 Å². The van der Waals surface area contributed by atoms with Crippen LogP contribution >= 0.6 is 0 Å². The van der Waals surface area contributed by atoms with E-state index in [0.717, 1.165) is 87.4 Å². The zero-order chi connectivity index (χ0) is 47.0. The summed E-state index contributed by atoms with van der Waals surface area (Å²) >= 11 is 0. The number of likely N-dealkylation sites (tertiary alicyclic amines) is 1. The van der Waals surface area contributed by atoms with E-state index in [1.54, 1.807) is 0 Å². The summed E-state index contributed by atoms with van der Waals surface area (Å²) in [5.74, 6) is 4.39. The van der Waals surface area contributed by atoms with Crippen molar-refractivity contribution >= 4 is 12.1 Å². The lowest BCUT2D eigenvalue weighted by molar-refractivity contribution is -0.145. The van der Waals surface area contributed by atoms with Crippen LogP contribution in [-0.4, -0.2) is 81.8 Å². The van der Waals surface area contributed by atoms with Crippen molar-refractivity contribution in [3.63, 3.8) is 0 Å². The molecule has 9 atom stereocenters. The van der Waals surface area contributed by atoms with Gasteiger partial charge < -0.3 is 29.2 Å². The molecule has 3 saturated carbocycles. The van der Waals surface area contributed by atoms with Crippen molar-refractivity contribution in [3.8, 4) is 0 Å². The second-order valence-electron chi connectivity index (χ2n) is 23.0. The van der Waals surface area contributed by atoms with Crippen molar-refractivity contribution in [2.45, 2.75) is 234 Å². The van der Waals surface area contributed by atoms with Gasteiger partial charge in [-0.25, -0.2) is 4.79 Å². The molecule has 8 heteroatoms. The molecule has 1 amide bonds. The Kier molecular flexibility index (Phi) is 25.0. The van der Waals surface area contributed by atoms with Crippen LogP contribution in [0.4, 0.5) is 4.79 Å². The summed E-state index contributed by atoms with van der Waals surface area (Å²) in [7, 11) is 0. The van der Waals surface area contributed by atoms with Crippen molar-refractivity contribution in [2.24, 2.45) is 46.3 Å². The Morgan fingerprint density at radius 2 is 1.50 bits per heavy atom. The van der Waals surface area contributed by atoms with E-state index in [2.05, 4.69) is 70.0 Å². The number of amides is 1. The van der Waals surface area contributed by atoms with E-state index < -0.39 is 12.1 Å². The van der Waals surface area contributed by atoms with Gasteiger partial charge in [0.1, 0.15) is 19.3 Å². The average Bonchev–Trinajstić information content (AvgIpc) is 3.67. The van der Waals surface area contributed by atoms with Crippen LogP contribution in [0, 0.1) is 46.3 Å². The first-order chi connectivity index (χ1) is 32.0. The third kappa shape index (κ3) is 17.8. The number of carbonyl (C=O) groups is 2. The Bertz CT molecular complexity index is 1430. The number of rotatable bonds is 32. The molecule has 0 aromatic carbocycles. The third-order valence-electron chi connectivity index (χ3n) is 17.6. The van der Waals surface area contributed by atoms with Gasteiger partial charge in [0.2, 0.25) is 0 Å². The van der Waals surface area contributed by atoms with Gasteiger partial charge in [0.15, 0.2) is 0 Å². The molecule has 5 aliphatic rings. The van der Waals surface area contributed by atoms with Crippen LogP contribution in [0.15, 0.2) is 23.8 Å². The molecular weight excluding hydrogens is 821 g/mol. The monoisotopic (exact) mass is 923 g/mol. The second kappa shape index (κ2) is 30.0. The van der Waals surface area contributed by atoms with Crippen LogP contribution in [0.2, 0.25) is 0 Å². The highest BCUT2D eigenvalue weighted by Gasteiger charge is 2.59. The number of nitrogens with one attached hydrogen (secondary N) is 1. The predicted molar refractivity (Wildman–Crippen MR) is 273 cm³/mol. The summed E-state index contributed by atoms with van der Waals surface area (Å²) < 4.78 is 23.8. The molecule has 0 bridgehead atoms. The summed E-state index contributed by atoms with van der Waals surface area (Å²) in [4.78, 5) is 28.1. The number of nitrogens with zero attached hydrogens (tertiary/aromatic N) is 1. The Labute approximate surface area is 405 Å². The van der Waals surface area contributed by atoms with Crippen molar-refractivity contribution in [1.29, 1.82) is 0 Å². The number of fused-ring (bicyclic) bond motifs is 5. The molecule has 0 aromatic heterocycles. The van der Waals surface area contributed by atoms with E-state index in [1.807, 2.05) is 0 Å². The quantitative estimate of drug-likeness (QED) is 0.0409. The Morgan fingerprint density at radius 1 is 0.788 bits per heavy atom. The van der Waals surface area contributed by atoms with E-state index in [1.165, 1.54) is 160 Å². The maximum absolute atomic E-state index is 12.9. The minimum atomic E-state index is -0.528. The molecule has 1 N–H and O–H groups in total. The summed E-state index contributed by atoms with van der Waals surface area (Å²) in [5, 5.41) is 2.67. The first-order valence-electron chi connectivity index (χ1n) is 28.4. The normalized spacial score (nSPS) is 28.7. The molecule has 0 radical (unpaired) electrons. The lowest BCUT2D eigenvalue weighted by Gasteiger charge is -2.58. The third-order valence-corrected chi connectivity index (χ3v) is 17.6. The summed E-state index contributed by atoms with van der Waals surface area (Å²) in [6, 6.07) is 0. The molecule has 1 heterocycles. The minimum Gasteiger partial charge on any atom is -0.462 e. The highest BCUT2D eigenvalue weighted by Crippen LogP contribution is 2.67. The lowest BCUT2D eigenvalue weighted by atomic mass is 9.47. The van der Waals surface area contributed by atoms with Crippen molar-refractivity contribution < 1.29 is 28.5 Å². The van der Waals surface area contributed by atoms with Gasteiger partial charge in [0, 0.05) is 19.6 Å². The van der Waals surface area contributed by atoms with Gasteiger partial charge in [0.25, 0.3) is 0 Å². The first kappa shape index (κ1) is 55.0. The number of ether oxygens (including phenoxy) is 4. The van der Waals surface area contributed by atoms with Crippen molar-refractivity contribution in [2.75, 3.05) is 52.6 Å². The molecule has 1 unspecified atom stereocenters. The van der Waals surface area contributed by atoms with Gasteiger partial charge >= 0.3 is 12.1 Å². The molecule has 380 valence electrons. The van der Waals surface area contributed by atoms with Gasteiger partial charge in [-0.1, -0.05) is 149 Å². The maximum Gasteiger partial charge on any atom is 0.407 e. The van der Waals surface area contributed by atoms with E-state index in [0.29, 0.717) is 18.6 Å². The predicted octanol–water partition coefficient (Wildman–Crippen LogP) is 14.6. The number of alkyl carbamates (subject to hydrolysis) is 1. The molecule has 66 heavy (non-hydrogen) atoms. The zero-order valence-electron chi connectivity index (χ0n) is 43.7. The summed E-state index contributed by atoms with van der Waals surface area (Å²) in [6.07, 6.45) is 42.2. The second-order valence-corrected chi connectivity index (χ2v) is 23.0. The molecule has 4 fully saturated rings. The molecule has 1 saturated heterocycles. The van der Waals surface area contributed by atoms with E-state index in [4.69, 9.17) is 18.9 Å². The standard InChI is InChI=1S/C58H102N2O6/c1-7-8-9-10-11-12-13-14-15-16-17-18-19-20-21-25-39-63-45-50(44-60-37-23-22-24-38-60)64-40-41-65-55(61)43-59-56(62)66-49-33-35-57(5)48(42-49)29-30-51-53-32-31-52(47(4)28-26-27-46(2)3)58(53,6)36-34-54(51)57/h14-15,29,46-47,49-54H,7-13,16-28,30-45H2,1-6H3,(H,59,62)/t47-,49+,50?,51+,52-,53+,54+,57+,58-/m1/s1. The molecule has 5 rings (SSSR count). The number of hydrogen-bond acceptors (Lipinski definition) is 7. The van der Waals surface area contributed by atoms with Crippen molar-refractivity contribution in [1.82, 2.24) is 10.2 Å². The highest BCUT2D eigenvalue weighted by molar-refractivity contribution is 5.77.